The van der Waals surface area contributed by atoms with E-state index < -0.39 is 0 Å². The predicted octanol–water partition coefficient (Wildman–Crippen LogP) is 5.22. The number of rotatable bonds is 6. The molecule has 0 unspecified atom stereocenters. The van der Waals surface area contributed by atoms with Gasteiger partial charge in [0.25, 0.3) is 0 Å². The average molecular weight is 330 g/mol. The molecule has 0 atom stereocenters. The Kier molecular flexibility index (Phi) is 5.85. The van der Waals surface area contributed by atoms with Gasteiger partial charge in [0.1, 0.15) is 0 Å². The van der Waals surface area contributed by atoms with Gasteiger partial charge in [-0.05, 0) is 50.0 Å². The molecule has 2 rings (SSSR count). The Balaban J connectivity index is 2.02. The van der Waals surface area contributed by atoms with Crippen molar-refractivity contribution in [1.82, 2.24) is 4.90 Å². The molecule has 0 N–H and O–H groups in total. The van der Waals surface area contributed by atoms with E-state index in [2.05, 4.69) is 36.5 Å². The molecule has 0 spiro atoms. The number of benzene rings is 1. The topological polar surface area (TPSA) is 3.24 Å². The highest BCUT2D eigenvalue weighted by molar-refractivity contribution is 8.02. The molecule has 0 aromatic heterocycles. The molecule has 0 bridgehead atoms. The van der Waals surface area contributed by atoms with Gasteiger partial charge in [-0.1, -0.05) is 41.8 Å². The second-order valence-electron chi connectivity index (χ2n) is 5.62. The minimum absolute atomic E-state index is 0.180. The lowest BCUT2D eigenvalue weighted by Crippen LogP contribution is -2.31. The number of hydrogen-bond donors (Lipinski definition) is 0. The summed E-state index contributed by atoms with van der Waals surface area (Å²) >= 11 is 14.0. The molecule has 0 radical (unpaired) electrons. The fourth-order valence-electron chi connectivity index (χ4n) is 2.40. The number of hydrogen-bond acceptors (Lipinski definition) is 2. The lowest BCUT2D eigenvalue weighted by Gasteiger charge is -2.40. The summed E-state index contributed by atoms with van der Waals surface area (Å²) in [5.74, 6) is 1.13. The Labute approximate surface area is 136 Å². The first-order chi connectivity index (χ1) is 9.53. The van der Waals surface area contributed by atoms with Crippen LogP contribution in [0.1, 0.15) is 24.8 Å². The number of allylic oxidation sites excluding steroid dienone is 1. The van der Waals surface area contributed by atoms with E-state index in [-0.39, 0.29) is 5.41 Å². The minimum Gasteiger partial charge on any atom is -0.309 e. The maximum atomic E-state index is 6.15. The zero-order chi connectivity index (χ0) is 14.6. The van der Waals surface area contributed by atoms with Crippen LogP contribution in [-0.2, 0) is 5.41 Å². The fraction of sp³-hybridized carbons (Fsp3) is 0.500. The van der Waals surface area contributed by atoms with Crippen molar-refractivity contribution in [3.8, 4) is 0 Å². The maximum absolute atomic E-state index is 6.15. The van der Waals surface area contributed by atoms with Gasteiger partial charge in [-0.15, -0.1) is 11.8 Å². The van der Waals surface area contributed by atoms with Gasteiger partial charge in [0, 0.05) is 17.7 Å². The molecule has 0 saturated heterocycles. The second kappa shape index (κ2) is 7.22. The molecule has 0 amide bonds. The van der Waals surface area contributed by atoms with Crippen molar-refractivity contribution in [3.05, 3.63) is 45.3 Å². The SMILES string of the molecule is CN(C)CCS/C=C/C1(c2ccc(Cl)c(Cl)c2)CCC1. The summed E-state index contributed by atoms with van der Waals surface area (Å²) in [5.41, 5.74) is 1.47. The minimum atomic E-state index is 0.180. The van der Waals surface area contributed by atoms with E-state index in [4.69, 9.17) is 23.2 Å². The van der Waals surface area contributed by atoms with Gasteiger partial charge in [-0.2, -0.15) is 0 Å². The Hall–Kier alpha value is -0.150. The van der Waals surface area contributed by atoms with Gasteiger partial charge in [0.2, 0.25) is 0 Å². The summed E-state index contributed by atoms with van der Waals surface area (Å²) < 4.78 is 0. The lowest BCUT2D eigenvalue weighted by molar-refractivity contribution is 0.314. The first-order valence-corrected chi connectivity index (χ1v) is 8.73. The van der Waals surface area contributed by atoms with Gasteiger partial charge < -0.3 is 4.90 Å². The van der Waals surface area contributed by atoms with Crippen molar-refractivity contribution >= 4 is 35.0 Å². The highest BCUT2D eigenvalue weighted by Crippen LogP contribution is 2.46. The quantitative estimate of drug-likeness (QED) is 0.658. The van der Waals surface area contributed by atoms with Crippen molar-refractivity contribution in [2.24, 2.45) is 0 Å². The zero-order valence-corrected chi connectivity index (χ0v) is 14.4. The van der Waals surface area contributed by atoms with Crippen LogP contribution >= 0.6 is 35.0 Å². The monoisotopic (exact) mass is 329 g/mol. The van der Waals surface area contributed by atoms with Crippen molar-refractivity contribution in [3.63, 3.8) is 0 Å². The molecule has 0 heterocycles. The van der Waals surface area contributed by atoms with Crippen LogP contribution < -0.4 is 0 Å². The molecule has 1 saturated carbocycles. The zero-order valence-electron chi connectivity index (χ0n) is 12.0. The smallest absolute Gasteiger partial charge is 0.0595 e. The molecule has 1 aliphatic rings. The van der Waals surface area contributed by atoms with Crippen LogP contribution in [0.25, 0.3) is 0 Å². The van der Waals surface area contributed by atoms with Crippen LogP contribution in [0.2, 0.25) is 10.0 Å². The Morgan fingerprint density at radius 2 is 2.00 bits per heavy atom. The Bertz CT molecular complexity index is 481. The van der Waals surface area contributed by atoms with Crippen molar-refractivity contribution in [2.45, 2.75) is 24.7 Å². The maximum Gasteiger partial charge on any atom is 0.0595 e. The van der Waals surface area contributed by atoms with Crippen molar-refractivity contribution in [1.29, 1.82) is 0 Å². The average Bonchev–Trinajstić information content (AvgIpc) is 2.35. The molecular weight excluding hydrogens is 309 g/mol. The predicted molar refractivity (Wildman–Crippen MR) is 92.1 cm³/mol. The summed E-state index contributed by atoms with van der Waals surface area (Å²) in [6.45, 7) is 1.11. The molecule has 110 valence electrons. The standard InChI is InChI=1S/C16H21Cl2NS/c1-19(2)9-11-20-10-8-16(6-3-7-16)13-4-5-14(17)15(18)12-13/h4-5,8,10,12H,3,6-7,9,11H2,1-2H3/b10-8+. The molecule has 20 heavy (non-hydrogen) atoms. The third kappa shape index (κ3) is 3.94. The van der Waals surface area contributed by atoms with Gasteiger partial charge in [-0.3, -0.25) is 0 Å². The van der Waals surface area contributed by atoms with E-state index in [0.29, 0.717) is 10.0 Å². The third-order valence-corrected chi connectivity index (χ3v) is 5.37. The Morgan fingerprint density at radius 3 is 2.55 bits per heavy atom. The molecule has 1 aromatic rings. The summed E-state index contributed by atoms with van der Waals surface area (Å²) in [4.78, 5) is 2.21. The molecule has 1 aromatic carbocycles. The number of halogens is 2. The molecule has 1 aliphatic carbocycles. The molecule has 1 nitrogen and oxygen atoms in total. The highest BCUT2D eigenvalue weighted by Gasteiger charge is 2.36. The normalized spacial score (nSPS) is 17.6. The Morgan fingerprint density at radius 1 is 1.25 bits per heavy atom. The van der Waals surface area contributed by atoms with Crippen LogP contribution in [0.3, 0.4) is 0 Å². The summed E-state index contributed by atoms with van der Waals surface area (Å²) in [7, 11) is 4.21. The van der Waals surface area contributed by atoms with E-state index in [1.165, 1.54) is 24.8 Å². The van der Waals surface area contributed by atoms with E-state index in [1.807, 2.05) is 23.9 Å². The van der Waals surface area contributed by atoms with E-state index in [1.54, 1.807) is 0 Å². The van der Waals surface area contributed by atoms with Gasteiger partial charge >= 0.3 is 0 Å². The van der Waals surface area contributed by atoms with Crippen LogP contribution in [-0.4, -0.2) is 31.3 Å². The van der Waals surface area contributed by atoms with Crippen LogP contribution in [0.4, 0.5) is 0 Å². The molecule has 1 fully saturated rings. The van der Waals surface area contributed by atoms with Crippen molar-refractivity contribution < 1.29 is 0 Å². The van der Waals surface area contributed by atoms with Crippen LogP contribution in [0, 0.1) is 0 Å². The van der Waals surface area contributed by atoms with E-state index >= 15 is 0 Å². The summed E-state index contributed by atoms with van der Waals surface area (Å²) in [5, 5.41) is 3.55. The first kappa shape index (κ1) is 16.2. The van der Waals surface area contributed by atoms with E-state index in [9.17, 15) is 0 Å². The highest BCUT2D eigenvalue weighted by atomic mass is 35.5. The molecule has 0 aliphatic heterocycles. The fourth-order valence-corrected chi connectivity index (χ4v) is 3.66. The molecule has 4 heteroatoms. The lowest BCUT2D eigenvalue weighted by atomic mass is 9.65. The third-order valence-electron chi connectivity index (χ3n) is 3.88. The number of thioether (sulfide) groups is 1. The molecular formula is C16H21Cl2NS. The van der Waals surface area contributed by atoms with E-state index in [0.717, 1.165) is 12.3 Å². The summed E-state index contributed by atoms with van der Waals surface area (Å²) in [6.07, 6.45) is 6.05. The number of nitrogens with zero attached hydrogens (tertiary/aromatic N) is 1. The van der Waals surface area contributed by atoms with Crippen LogP contribution in [0.15, 0.2) is 29.7 Å². The summed E-state index contributed by atoms with van der Waals surface area (Å²) in [6, 6.07) is 6.05. The first-order valence-electron chi connectivity index (χ1n) is 6.93. The second-order valence-corrected chi connectivity index (χ2v) is 7.44. The van der Waals surface area contributed by atoms with Gasteiger partial charge in [0.15, 0.2) is 0 Å². The van der Waals surface area contributed by atoms with Gasteiger partial charge in [-0.25, -0.2) is 0 Å². The largest absolute Gasteiger partial charge is 0.309 e. The van der Waals surface area contributed by atoms with Crippen LogP contribution in [0.5, 0.6) is 0 Å². The van der Waals surface area contributed by atoms with Gasteiger partial charge in [0.05, 0.1) is 10.0 Å². The van der Waals surface area contributed by atoms with Crippen molar-refractivity contribution in [2.75, 3.05) is 26.4 Å².